The summed E-state index contributed by atoms with van der Waals surface area (Å²) in [7, 11) is -10.5. The summed E-state index contributed by atoms with van der Waals surface area (Å²) >= 11 is 0. The molecule has 0 saturated carbocycles. The van der Waals surface area contributed by atoms with Crippen molar-refractivity contribution < 1.29 is 37.0 Å². The summed E-state index contributed by atoms with van der Waals surface area (Å²) in [5.74, 6) is -6.64. The highest BCUT2D eigenvalue weighted by Gasteiger charge is 2.68. The summed E-state index contributed by atoms with van der Waals surface area (Å²) in [5, 5.41) is 0. The first-order chi connectivity index (χ1) is 15.0. The van der Waals surface area contributed by atoms with Crippen LogP contribution in [0.15, 0.2) is 71.4 Å². The van der Waals surface area contributed by atoms with Crippen LogP contribution in [0.25, 0.3) is 17.0 Å². The highest BCUT2D eigenvalue weighted by atomic mass is 32.5. The fraction of sp³-hybridized carbons (Fsp3) is 0.130. The molecule has 3 aromatic carbocycles. The molecule has 0 aliphatic heterocycles. The van der Waals surface area contributed by atoms with Crippen molar-refractivity contribution in [2.75, 3.05) is 0 Å². The maximum absolute atomic E-state index is 13.8. The summed E-state index contributed by atoms with van der Waals surface area (Å²) in [6, 6.07) is 12.5. The van der Waals surface area contributed by atoms with Crippen LogP contribution in [0.5, 0.6) is 0 Å². The lowest BCUT2D eigenvalue weighted by Gasteiger charge is -2.40. The smallest absolute Gasteiger partial charge is 0.209 e. The van der Waals surface area contributed by atoms with Gasteiger partial charge in [0.25, 0.3) is 0 Å². The van der Waals surface area contributed by atoms with Gasteiger partial charge in [0.05, 0.1) is 0 Å². The zero-order chi connectivity index (χ0) is 24.7. The first-order valence-electron chi connectivity index (χ1n) is 9.49. The molecule has 0 aliphatic carbocycles. The molecule has 0 nitrogen and oxygen atoms in total. The minimum Gasteiger partial charge on any atom is -0.209 e. The molecule has 0 atom stereocenters. The van der Waals surface area contributed by atoms with Crippen LogP contribution in [0.2, 0.25) is 0 Å². The fourth-order valence-electron chi connectivity index (χ4n) is 3.26. The Kier molecular flexibility index (Phi) is 5.90. The van der Waals surface area contributed by atoms with Crippen LogP contribution in [0, 0.1) is 11.6 Å². The molecular weight excluding hydrogens is 479 g/mol. The van der Waals surface area contributed by atoms with Crippen molar-refractivity contribution in [3.8, 4) is 11.1 Å². The number of halogens is 9. The van der Waals surface area contributed by atoms with Gasteiger partial charge in [0, 0.05) is 5.56 Å². The Labute approximate surface area is 184 Å². The van der Waals surface area contributed by atoms with Gasteiger partial charge in [-0.15, -0.1) is 0 Å². The van der Waals surface area contributed by atoms with Crippen LogP contribution < -0.4 is 0 Å². The first kappa shape index (κ1) is 24.8. The molecule has 0 aromatic heterocycles. The van der Waals surface area contributed by atoms with E-state index in [1.54, 1.807) is 24.3 Å². The molecule has 0 spiro atoms. The number of benzene rings is 3. The Balaban J connectivity index is 1.75. The minimum absolute atomic E-state index is 0.110. The van der Waals surface area contributed by atoms with Gasteiger partial charge in [-0.1, -0.05) is 68.0 Å². The second-order valence-corrected chi connectivity index (χ2v) is 9.83. The average molecular weight is 496 g/mol. The van der Waals surface area contributed by atoms with Crippen molar-refractivity contribution in [2.45, 2.75) is 24.7 Å². The first-order valence-corrected chi connectivity index (χ1v) is 11.4. The Hall–Kier alpha value is -2.88. The highest BCUT2D eigenvalue weighted by Crippen LogP contribution is 3.02. The number of hydrogen-bond acceptors (Lipinski definition) is 0. The number of allylic oxidation sites excluding steroid dienone is 1. The summed E-state index contributed by atoms with van der Waals surface area (Å²) in [6.07, 6.45) is 1.04. The van der Waals surface area contributed by atoms with E-state index in [0.717, 1.165) is 18.1 Å². The predicted molar refractivity (Wildman–Crippen MR) is 112 cm³/mol. The maximum atomic E-state index is 13.8. The molecule has 0 N–H and O–H groups in total. The molecule has 0 unspecified atom stereocenters. The van der Waals surface area contributed by atoms with Crippen LogP contribution >= 0.6 is 10.2 Å². The van der Waals surface area contributed by atoms with E-state index in [9.17, 15) is 37.0 Å². The molecule has 0 heterocycles. The third-order valence-electron chi connectivity index (χ3n) is 4.88. The largest absolute Gasteiger partial charge is 0.315 e. The molecule has 0 radical (unpaired) electrons. The fourth-order valence-corrected chi connectivity index (χ4v) is 4.12. The Bertz CT molecular complexity index is 1180. The van der Waals surface area contributed by atoms with Gasteiger partial charge in [0.2, 0.25) is 0 Å². The second kappa shape index (κ2) is 7.86. The van der Waals surface area contributed by atoms with Crippen molar-refractivity contribution in [1.82, 2.24) is 0 Å². The van der Waals surface area contributed by atoms with Gasteiger partial charge in [-0.25, -0.2) is 17.6 Å². The minimum atomic E-state index is -10.5. The van der Waals surface area contributed by atoms with Crippen molar-refractivity contribution in [3.05, 3.63) is 94.8 Å². The third kappa shape index (κ3) is 5.93. The molecule has 0 saturated heterocycles. The Morgan fingerprint density at radius 2 is 1.09 bits per heavy atom. The summed E-state index contributed by atoms with van der Waals surface area (Å²) in [5.41, 5.74) is 1.54. The van der Waals surface area contributed by atoms with Gasteiger partial charge in [-0.05, 0) is 54.2 Å². The number of aryl methyl sites for hydroxylation is 2. The van der Waals surface area contributed by atoms with Crippen LogP contribution in [0.4, 0.5) is 37.0 Å². The van der Waals surface area contributed by atoms with Crippen molar-refractivity contribution in [2.24, 2.45) is 0 Å². The van der Waals surface area contributed by atoms with E-state index >= 15 is 0 Å². The molecule has 0 fully saturated rings. The summed E-state index contributed by atoms with van der Waals surface area (Å²) in [6.45, 7) is 1.01. The van der Waals surface area contributed by atoms with Gasteiger partial charge in [-0.2, -0.15) is 0 Å². The summed E-state index contributed by atoms with van der Waals surface area (Å²) < 4.78 is 118. The zero-order valence-electron chi connectivity index (χ0n) is 17.0. The van der Waals surface area contributed by atoms with Crippen LogP contribution in [-0.4, -0.2) is 0 Å². The lowest BCUT2D eigenvalue weighted by molar-refractivity contribution is 0.345. The Morgan fingerprint density at radius 3 is 1.48 bits per heavy atom. The molecule has 178 valence electrons. The highest BCUT2D eigenvalue weighted by molar-refractivity contribution is 8.45. The van der Waals surface area contributed by atoms with Gasteiger partial charge in [0.1, 0.15) is 17.5 Å². The van der Waals surface area contributed by atoms with Crippen LogP contribution in [0.1, 0.15) is 23.6 Å². The van der Waals surface area contributed by atoms with Crippen molar-refractivity contribution in [1.29, 1.82) is 0 Å². The van der Waals surface area contributed by atoms with E-state index in [0.29, 0.717) is 12.8 Å². The van der Waals surface area contributed by atoms with Gasteiger partial charge < -0.3 is 0 Å². The molecule has 3 aromatic rings. The standard InChI is InChI=1S/C23H17F9S/c1-14(24)22(27)18-10-6-16(7-11-18)3-2-15-4-8-17(9-5-15)19-12-20(25)23(21(26)13-19)33(28,29,30,31)32/h4-13H,2-3H2,1H3/b22-14+. The van der Waals surface area contributed by atoms with E-state index < -0.39 is 38.4 Å². The zero-order valence-corrected chi connectivity index (χ0v) is 17.8. The van der Waals surface area contributed by atoms with Gasteiger partial charge in [-0.3, -0.25) is 0 Å². The van der Waals surface area contributed by atoms with Gasteiger partial charge >= 0.3 is 10.2 Å². The number of hydrogen-bond donors (Lipinski definition) is 0. The van der Waals surface area contributed by atoms with E-state index in [1.807, 2.05) is 0 Å². The Morgan fingerprint density at radius 1 is 0.667 bits per heavy atom. The van der Waals surface area contributed by atoms with E-state index in [1.165, 1.54) is 24.3 Å². The molecular formula is C23H17F9S. The third-order valence-corrected chi connectivity index (χ3v) is 6.05. The SMILES string of the molecule is C/C(F)=C(\F)c1ccc(CCc2ccc(-c3cc(F)c(S(F)(F)(F)(F)F)c(F)c3)cc2)cc1. The van der Waals surface area contributed by atoms with E-state index in [2.05, 4.69) is 0 Å². The van der Waals surface area contributed by atoms with Crippen molar-refractivity contribution >= 4 is 16.1 Å². The van der Waals surface area contributed by atoms with Gasteiger partial charge in [0.15, 0.2) is 10.7 Å². The second-order valence-electron chi connectivity index (χ2n) is 7.48. The number of rotatable bonds is 6. The normalized spacial score (nSPS) is 15.0. The lowest BCUT2D eigenvalue weighted by Crippen LogP contribution is -2.11. The molecule has 0 bridgehead atoms. The molecule has 33 heavy (non-hydrogen) atoms. The van der Waals surface area contributed by atoms with Crippen molar-refractivity contribution in [3.63, 3.8) is 0 Å². The van der Waals surface area contributed by atoms with Crippen LogP contribution in [-0.2, 0) is 12.8 Å². The quantitative estimate of drug-likeness (QED) is 0.298. The topological polar surface area (TPSA) is 0 Å². The molecule has 0 amide bonds. The lowest BCUT2D eigenvalue weighted by atomic mass is 9.99. The van der Waals surface area contributed by atoms with E-state index in [-0.39, 0.29) is 28.8 Å². The predicted octanol–water partition coefficient (Wildman–Crippen LogP) is 9.70. The van der Waals surface area contributed by atoms with Crippen LogP contribution in [0.3, 0.4) is 0 Å². The molecule has 0 aliphatic rings. The monoisotopic (exact) mass is 496 g/mol. The van der Waals surface area contributed by atoms with E-state index in [4.69, 9.17) is 0 Å². The summed E-state index contributed by atoms with van der Waals surface area (Å²) in [4.78, 5) is -3.15. The molecule has 10 heteroatoms. The average Bonchev–Trinajstić information content (AvgIpc) is 2.69. The maximum Gasteiger partial charge on any atom is 0.315 e. The molecule has 3 rings (SSSR count).